The first-order valence-electron chi connectivity index (χ1n) is 5.19. The summed E-state index contributed by atoms with van der Waals surface area (Å²) in [6.45, 7) is 0. The van der Waals surface area contributed by atoms with Gasteiger partial charge < -0.3 is 5.73 Å². The maximum absolute atomic E-state index is 12.6. The average Bonchev–Trinajstić information content (AvgIpc) is 2.24. The summed E-state index contributed by atoms with van der Waals surface area (Å²) >= 11 is 5.39. The van der Waals surface area contributed by atoms with Crippen molar-refractivity contribution in [2.45, 2.75) is 31.2 Å². The minimum atomic E-state index is -4.67. The topological polar surface area (TPSA) is 26.0 Å². The van der Waals surface area contributed by atoms with Crippen LogP contribution < -0.4 is 5.73 Å². The van der Waals surface area contributed by atoms with Gasteiger partial charge in [0.2, 0.25) is 0 Å². The smallest absolute Gasteiger partial charge is 0.324 e. The van der Waals surface area contributed by atoms with Crippen molar-refractivity contribution in [1.82, 2.24) is 0 Å². The third-order valence-corrected chi connectivity index (χ3v) is 2.79. The molecule has 0 saturated carbocycles. The molecular formula is C11H11Cl2F6N. The Morgan fingerprint density at radius 1 is 1.10 bits per heavy atom. The van der Waals surface area contributed by atoms with E-state index in [0.29, 0.717) is 6.07 Å². The van der Waals surface area contributed by atoms with Gasteiger partial charge in [-0.25, -0.2) is 0 Å². The summed E-state index contributed by atoms with van der Waals surface area (Å²) in [4.78, 5) is 0. The van der Waals surface area contributed by atoms with Crippen LogP contribution >= 0.6 is 24.0 Å². The summed E-state index contributed by atoms with van der Waals surface area (Å²) in [7, 11) is 0. The predicted octanol–water partition coefficient (Wildman–Crippen LogP) is 5.12. The SMILES string of the molecule is Cl.N[C@@H](CCC(F)(F)F)c1ccc(Cl)c(C(F)(F)F)c1. The van der Waals surface area contributed by atoms with Gasteiger partial charge in [0, 0.05) is 12.5 Å². The lowest BCUT2D eigenvalue weighted by molar-refractivity contribution is -0.138. The minimum absolute atomic E-state index is 0. The largest absolute Gasteiger partial charge is 0.417 e. The van der Waals surface area contributed by atoms with Gasteiger partial charge in [0.25, 0.3) is 0 Å². The van der Waals surface area contributed by atoms with Gasteiger partial charge in [-0.05, 0) is 24.1 Å². The maximum Gasteiger partial charge on any atom is 0.417 e. The monoisotopic (exact) mass is 341 g/mol. The lowest BCUT2D eigenvalue weighted by atomic mass is 10.0. The van der Waals surface area contributed by atoms with Crippen LogP contribution in [0.15, 0.2) is 18.2 Å². The Kier molecular flexibility index (Phi) is 6.64. The number of rotatable bonds is 3. The van der Waals surface area contributed by atoms with E-state index in [1.807, 2.05) is 0 Å². The van der Waals surface area contributed by atoms with E-state index < -0.39 is 41.8 Å². The fourth-order valence-electron chi connectivity index (χ4n) is 1.48. The van der Waals surface area contributed by atoms with E-state index in [1.165, 1.54) is 6.07 Å². The van der Waals surface area contributed by atoms with Gasteiger partial charge in [-0.3, -0.25) is 0 Å². The van der Waals surface area contributed by atoms with Crippen LogP contribution in [0.4, 0.5) is 26.3 Å². The van der Waals surface area contributed by atoms with E-state index in [1.54, 1.807) is 0 Å². The number of hydrogen-bond acceptors (Lipinski definition) is 1. The normalized spacial score (nSPS) is 13.8. The van der Waals surface area contributed by atoms with Crippen molar-refractivity contribution in [2.75, 3.05) is 0 Å². The van der Waals surface area contributed by atoms with Gasteiger partial charge >= 0.3 is 12.4 Å². The van der Waals surface area contributed by atoms with Gasteiger partial charge in [0.1, 0.15) is 0 Å². The zero-order chi connectivity index (χ0) is 14.8. The molecule has 9 heteroatoms. The van der Waals surface area contributed by atoms with E-state index in [2.05, 4.69) is 0 Å². The van der Waals surface area contributed by atoms with Crippen LogP contribution in [-0.4, -0.2) is 6.18 Å². The minimum Gasteiger partial charge on any atom is -0.324 e. The molecule has 0 aliphatic carbocycles. The van der Waals surface area contributed by atoms with Crippen LogP contribution in [0.3, 0.4) is 0 Å². The van der Waals surface area contributed by atoms with E-state index >= 15 is 0 Å². The first-order valence-corrected chi connectivity index (χ1v) is 5.57. The highest BCUT2D eigenvalue weighted by Gasteiger charge is 2.34. The Morgan fingerprint density at radius 2 is 1.65 bits per heavy atom. The second-order valence-corrected chi connectivity index (χ2v) is 4.40. The van der Waals surface area contributed by atoms with E-state index in [-0.39, 0.29) is 18.0 Å². The molecule has 0 amide bonds. The predicted molar refractivity (Wildman–Crippen MR) is 65.9 cm³/mol. The molecule has 0 spiro atoms. The highest BCUT2D eigenvalue weighted by molar-refractivity contribution is 6.31. The highest BCUT2D eigenvalue weighted by Crippen LogP contribution is 2.36. The van der Waals surface area contributed by atoms with Crippen molar-refractivity contribution in [1.29, 1.82) is 0 Å². The first kappa shape index (κ1) is 19.3. The van der Waals surface area contributed by atoms with Crippen LogP contribution in [0.5, 0.6) is 0 Å². The molecule has 0 radical (unpaired) electrons. The molecule has 0 aliphatic heterocycles. The van der Waals surface area contributed by atoms with Crippen LogP contribution in [0.2, 0.25) is 5.02 Å². The summed E-state index contributed by atoms with van der Waals surface area (Å²) in [5.41, 5.74) is 4.32. The molecule has 0 unspecified atom stereocenters. The van der Waals surface area contributed by atoms with E-state index in [0.717, 1.165) is 6.07 Å². The van der Waals surface area contributed by atoms with Crippen LogP contribution in [-0.2, 0) is 6.18 Å². The average molecular weight is 342 g/mol. The fourth-order valence-corrected chi connectivity index (χ4v) is 1.70. The Bertz CT molecular complexity index is 444. The zero-order valence-corrected chi connectivity index (χ0v) is 11.4. The highest BCUT2D eigenvalue weighted by atomic mass is 35.5. The molecule has 1 atom stereocenters. The number of alkyl halides is 6. The summed E-state index contributed by atoms with van der Waals surface area (Å²) in [6.07, 6.45) is -10.7. The fraction of sp³-hybridized carbons (Fsp3) is 0.455. The summed E-state index contributed by atoms with van der Waals surface area (Å²) in [6, 6.07) is 1.73. The van der Waals surface area contributed by atoms with Gasteiger partial charge in [-0.15, -0.1) is 12.4 Å². The molecule has 1 rings (SSSR count). The maximum atomic E-state index is 12.6. The van der Waals surface area contributed by atoms with Crippen molar-refractivity contribution < 1.29 is 26.3 Å². The molecule has 2 N–H and O–H groups in total. The lowest BCUT2D eigenvalue weighted by Gasteiger charge is -2.16. The Morgan fingerprint density at radius 3 is 2.10 bits per heavy atom. The van der Waals surface area contributed by atoms with Crippen molar-refractivity contribution in [2.24, 2.45) is 5.73 Å². The molecule has 0 aliphatic rings. The summed E-state index contributed by atoms with van der Waals surface area (Å²) in [5, 5.41) is -0.515. The molecule has 20 heavy (non-hydrogen) atoms. The van der Waals surface area contributed by atoms with Crippen molar-refractivity contribution >= 4 is 24.0 Å². The van der Waals surface area contributed by atoms with E-state index in [9.17, 15) is 26.3 Å². The third-order valence-electron chi connectivity index (χ3n) is 2.46. The molecule has 1 nitrogen and oxygen atoms in total. The molecule has 116 valence electrons. The van der Waals surface area contributed by atoms with Crippen LogP contribution in [0, 0.1) is 0 Å². The second kappa shape index (κ2) is 6.87. The third kappa shape index (κ3) is 5.76. The van der Waals surface area contributed by atoms with Crippen molar-refractivity contribution in [3.63, 3.8) is 0 Å². The zero-order valence-electron chi connectivity index (χ0n) is 9.85. The van der Waals surface area contributed by atoms with Gasteiger partial charge in [0.05, 0.1) is 10.6 Å². The molecule has 1 aromatic carbocycles. The summed E-state index contributed by atoms with van der Waals surface area (Å²) in [5.74, 6) is 0. The standard InChI is InChI=1S/C11H10ClF6N.ClH/c12-8-2-1-6(5-7(8)11(16,17)18)9(19)3-4-10(13,14)15;/h1-2,5,9H,3-4,19H2;1H/t9-;/m0./s1. The number of benzene rings is 1. The molecule has 0 fully saturated rings. The molecule has 0 aromatic heterocycles. The van der Waals surface area contributed by atoms with Gasteiger partial charge in [-0.1, -0.05) is 17.7 Å². The number of nitrogens with two attached hydrogens (primary N) is 1. The lowest BCUT2D eigenvalue weighted by Crippen LogP contribution is -2.17. The van der Waals surface area contributed by atoms with Crippen LogP contribution in [0.25, 0.3) is 0 Å². The molecular weight excluding hydrogens is 331 g/mol. The van der Waals surface area contributed by atoms with Crippen LogP contribution in [0.1, 0.15) is 30.0 Å². The quantitative estimate of drug-likeness (QED) is 0.758. The van der Waals surface area contributed by atoms with Gasteiger partial charge in [0.15, 0.2) is 0 Å². The Hall–Kier alpha value is -0.660. The van der Waals surface area contributed by atoms with Crippen molar-refractivity contribution in [3.05, 3.63) is 34.3 Å². The molecule has 0 bridgehead atoms. The van der Waals surface area contributed by atoms with E-state index in [4.69, 9.17) is 17.3 Å². The Labute approximate surface area is 122 Å². The second-order valence-electron chi connectivity index (χ2n) is 4.00. The molecule has 0 heterocycles. The number of hydrogen-bond donors (Lipinski definition) is 1. The molecule has 0 saturated heterocycles. The Balaban J connectivity index is 0.00000361. The first-order chi connectivity index (χ1) is 8.50. The molecule has 1 aromatic rings. The summed E-state index contributed by atoms with van der Waals surface area (Å²) < 4.78 is 73.7. The van der Waals surface area contributed by atoms with Crippen molar-refractivity contribution in [3.8, 4) is 0 Å². The number of halogens is 8. The van der Waals surface area contributed by atoms with Gasteiger partial charge in [-0.2, -0.15) is 26.3 Å².